The molecule has 2 aliphatic carbocycles. The zero-order chi connectivity index (χ0) is 35.5. The van der Waals surface area contributed by atoms with Crippen LogP contribution in [-0.2, 0) is 4.74 Å². The molecule has 2 saturated heterocycles. The lowest BCUT2D eigenvalue weighted by atomic mass is 9.95. The van der Waals surface area contributed by atoms with E-state index in [1.807, 2.05) is 20.8 Å². The Balaban J connectivity index is 0.000000165. The van der Waals surface area contributed by atoms with E-state index in [0.717, 1.165) is 45.4 Å². The molecular weight excluding hydrogens is 629 g/mol. The van der Waals surface area contributed by atoms with E-state index in [2.05, 4.69) is 136 Å². The first kappa shape index (κ1) is 35.4. The van der Waals surface area contributed by atoms with E-state index in [1.165, 1.54) is 41.5 Å². The van der Waals surface area contributed by atoms with Crippen molar-refractivity contribution in [3.05, 3.63) is 144 Å². The predicted molar refractivity (Wildman–Crippen MR) is 206 cm³/mol. The van der Waals surface area contributed by atoms with Crippen molar-refractivity contribution in [3.8, 4) is 0 Å². The molecule has 2 atom stereocenters. The van der Waals surface area contributed by atoms with Crippen molar-refractivity contribution in [1.29, 1.82) is 0 Å². The highest BCUT2D eigenvalue weighted by atomic mass is 16.6. The minimum absolute atomic E-state index is 0.0883. The summed E-state index contributed by atoms with van der Waals surface area (Å²) in [6.07, 6.45) is 6.59. The summed E-state index contributed by atoms with van der Waals surface area (Å²) < 4.78 is 5.52. The van der Waals surface area contributed by atoms with Crippen molar-refractivity contribution in [2.45, 2.75) is 88.1 Å². The molecule has 2 aliphatic heterocycles. The Morgan fingerprint density at radius 3 is 1.37 bits per heavy atom. The number of amides is 1. The van der Waals surface area contributed by atoms with Crippen LogP contribution in [0.3, 0.4) is 0 Å². The standard InChI is InChI=1S/C25H32N2O2.C20H24N2/c1-24(2,3)29-23(28)26-25(15-16-25)21-14-17-27(18-21)22(19-10-6-4-7-11-19)20-12-8-5-9-13-20;21-20(12-13-20)18-11-14-22(15-18)19(16-7-3-1-4-8-16)17-9-5-2-6-10-17/h4-13,21-22H,14-18H2,1-3H3,(H,26,28);1-10,18-19H,11-15,21H2/t21-;18-/m11/s1. The molecule has 0 radical (unpaired) electrons. The van der Waals surface area contributed by atoms with Crippen LogP contribution in [0.2, 0.25) is 0 Å². The first-order valence-electron chi connectivity index (χ1n) is 19.1. The second-order valence-corrected chi connectivity index (χ2v) is 16.4. The molecule has 0 aromatic heterocycles. The second kappa shape index (κ2) is 14.9. The maximum Gasteiger partial charge on any atom is 0.408 e. The Morgan fingerprint density at radius 2 is 1.02 bits per heavy atom. The Kier molecular flexibility index (Phi) is 10.4. The van der Waals surface area contributed by atoms with E-state index in [4.69, 9.17) is 10.5 Å². The van der Waals surface area contributed by atoms with Crippen LogP contribution in [0.1, 0.15) is 93.6 Å². The van der Waals surface area contributed by atoms with Crippen molar-refractivity contribution in [1.82, 2.24) is 15.1 Å². The third kappa shape index (κ3) is 8.57. The number of ether oxygens (including phenoxy) is 1. The van der Waals surface area contributed by atoms with Crippen LogP contribution in [-0.4, -0.2) is 58.8 Å². The topological polar surface area (TPSA) is 70.8 Å². The predicted octanol–water partition coefficient (Wildman–Crippen LogP) is 8.74. The average molecular weight is 685 g/mol. The molecule has 0 unspecified atom stereocenters. The van der Waals surface area contributed by atoms with E-state index < -0.39 is 5.60 Å². The fraction of sp³-hybridized carbons (Fsp3) is 0.444. The van der Waals surface area contributed by atoms with Gasteiger partial charge in [0.2, 0.25) is 0 Å². The van der Waals surface area contributed by atoms with Gasteiger partial charge >= 0.3 is 6.09 Å². The molecule has 6 heteroatoms. The summed E-state index contributed by atoms with van der Waals surface area (Å²) in [5.41, 5.74) is 11.5. The summed E-state index contributed by atoms with van der Waals surface area (Å²) in [7, 11) is 0. The Bertz CT molecular complexity index is 1620. The van der Waals surface area contributed by atoms with Gasteiger partial charge in [0.15, 0.2) is 0 Å². The van der Waals surface area contributed by atoms with Crippen molar-refractivity contribution < 1.29 is 9.53 Å². The molecule has 4 fully saturated rings. The molecule has 1 amide bonds. The molecule has 4 aromatic rings. The summed E-state index contributed by atoms with van der Waals surface area (Å²) >= 11 is 0. The maximum atomic E-state index is 12.4. The van der Waals surface area contributed by atoms with Gasteiger partial charge in [-0.3, -0.25) is 9.80 Å². The molecule has 2 heterocycles. The highest BCUT2D eigenvalue weighted by Crippen LogP contribution is 2.48. The molecule has 4 aromatic carbocycles. The minimum Gasteiger partial charge on any atom is -0.444 e. The van der Waals surface area contributed by atoms with E-state index in [1.54, 1.807) is 0 Å². The number of carbonyl (C=O) groups excluding carboxylic acids is 1. The van der Waals surface area contributed by atoms with Crippen molar-refractivity contribution in [2.75, 3.05) is 26.2 Å². The van der Waals surface area contributed by atoms with Gasteiger partial charge in [-0.05, 0) is 106 Å². The lowest BCUT2D eigenvalue weighted by Crippen LogP contribution is -2.46. The summed E-state index contributed by atoms with van der Waals surface area (Å²) in [5, 5.41) is 3.22. The molecule has 3 N–H and O–H groups in total. The van der Waals surface area contributed by atoms with Gasteiger partial charge in [0, 0.05) is 24.2 Å². The molecule has 2 saturated carbocycles. The quantitative estimate of drug-likeness (QED) is 0.185. The van der Waals surface area contributed by atoms with Gasteiger partial charge in [-0.2, -0.15) is 0 Å². The molecule has 4 aliphatic rings. The third-order valence-corrected chi connectivity index (χ3v) is 11.6. The fourth-order valence-corrected chi connectivity index (χ4v) is 8.56. The van der Waals surface area contributed by atoms with Gasteiger partial charge in [-0.1, -0.05) is 121 Å². The SMILES string of the molecule is CC(C)(C)OC(=O)NC1([C@@H]2CCN(C(c3ccccc3)c3ccccc3)C2)CC1.NC1([C@@H]2CCN(C(c3ccccc3)c3ccccc3)C2)CC1. The monoisotopic (exact) mass is 684 g/mol. The van der Waals surface area contributed by atoms with Crippen LogP contribution < -0.4 is 11.1 Å². The molecule has 0 bridgehead atoms. The van der Waals surface area contributed by atoms with Gasteiger partial charge in [0.1, 0.15) is 5.60 Å². The van der Waals surface area contributed by atoms with Crippen LogP contribution in [0.4, 0.5) is 4.79 Å². The highest BCUT2D eigenvalue weighted by Gasteiger charge is 2.53. The summed E-state index contributed by atoms with van der Waals surface area (Å²) in [4.78, 5) is 17.6. The van der Waals surface area contributed by atoms with Crippen LogP contribution in [0.5, 0.6) is 0 Å². The number of hydrogen-bond acceptors (Lipinski definition) is 5. The molecule has 268 valence electrons. The fourth-order valence-electron chi connectivity index (χ4n) is 8.56. The zero-order valence-corrected chi connectivity index (χ0v) is 30.7. The van der Waals surface area contributed by atoms with Crippen LogP contribution in [0.15, 0.2) is 121 Å². The van der Waals surface area contributed by atoms with Gasteiger partial charge in [-0.25, -0.2) is 4.79 Å². The minimum atomic E-state index is -0.465. The Morgan fingerprint density at radius 1 is 0.647 bits per heavy atom. The number of hydrogen-bond donors (Lipinski definition) is 2. The molecule has 6 nitrogen and oxygen atoms in total. The first-order chi connectivity index (χ1) is 24.6. The second-order valence-electron chi connectivity index (χ2n) is 16.4. The smallest absolute Gasteiger partial charge is 0.408 e. The van der Waals surface area contributed by atoms with Crippen molar-refractivity contribution in [3.63, 3.8) is 0 Å². The Hall–Kier alpha value is -3.97. The summed E-state index contributed by atoms with van der Waals surface area (Å²) in [6, 6.07) is 43.9. The highest BCUT2D eigenvalue weighted by molar-refractivity contribution is 5.69. The first-order valence-corrected chi connectivity index (χ1v) is 19.1. The number of alkyl carbamates (subject to hydrolysis) is 1. The van der Waals surface area contributed by atoms with Crippen LogP contribution in [0, 0.1) is 11.8 Å². The van der Waals surface area contributed by atoms with Crippen LogP contribution >= 0.6 is 0 Å². The largest absolute Gasteiger partial charge is 0.444 e. The number of carbonyl (C=O) groups is 1. The average Bonchev–Trinajstić information content (AvgIpc) is 3.94. The maximum absolute atomic E-state index is 12.4. The van der Waals surface area contributed by atoms with Crippen molar-refractivity contribution >= 4 is 6.09 Å². The number of nitrogens with zero attached hydrogens (tertiary/aromatic N) is 2. The number of nitrogens with two attached hydrogens (primary N) is 1. The number of likely N-dealkylation sites (tertiary alicyclic amines) is 2. The van der Waals surface area contributed by atoms with E-state index in [-0.39, 0.29) is 23.2 Å². The number of nitrogens with one attached hydrogen (secondary N) is 1. The molecule has 51 heavy (non-hydrogen) atoms. The van der Waals surface area contributed by atoms with E-state index in [9.17, 15) is 4.79 Å². The van der Waals surface area contributed by atoms with E-state index >= 15 is 0 Å². The van der Waals surface area contributed by atoms with Gasteiger partial charge < -0.3 is 15.8 Å². The van der Waals surface area contributed by atoms with Crippen molar-refractivity contribution in [2.24, 2.45) is 17.6 Å². The summed E-state index contributed by atoms with van der Waals surface area (Å²) in [6.45, 7) is 10.0. The summed E-state index contributed by atoms with van der Waals surface area (Å²) in [5.74, 6) is 1.13. The van der Waals surface area contributed by atoms with Gasteiger partial charge in [-0.15, -0.1) is 0 Å². The molecular formula is C45H56N4O2. The normalized spacial score (nSPS) is 22.3. The molecule has 8 rings (SSSR count). The third-order valence-electron chi connectivity index (χ3n) is 11.6. The number of benzene rings is 4. The number of rotatable bonds is 9. The lowest BCUT2D eigenvalue weighted by molar-refractivity contribution is 0.0474. The van der Waals surface area contributed by atoms with E-state index in [0.29, 0.717) is 17.9 Å². The lowest BCUT2D eigenvalue weighted by Gasteiger charge is -2.31. The zero-order valence-electron chi connectivity index (χ0n) is 30.7. The van der Waals surface area contributed by atoms with Gasteiger partial charge in [0.05, 0.1) is 12.1 Å². The van der Waals surface area contributed by atoms with Gasteiger partial charge in [0.25, 0.3) is 0 Å². The molecule has 0 spiro atoms. The van der Waals surface area contributed by atoms with Crippen LogP contribution in [0.25, 0.3) is 0 Å². The Labute approximate surface area is 305 Å².